The van der Waals surface area contributed by atoms with Crippen molar-refractivity contribution in [2.45, 2.75) is 41.0 Å². The molecule has 0 saturated carbocycles. The zero-order valence-electron chi connectivity index (χ0n) is 12.5. The van der Waals surface area contributed by atoms with Gasteiger partial charge in [0.2, 0.25) is 0 Å². The van der Waals surface area contributed by atoms with E-state index in [1.54, 1.807) is 0 Å². The Morgan fingerprint density at radius 2 is 1.89 bits per heavy atom. The van der Waals surface area contributed by atoms with Crippen LogP contribution >= 0.6 is 0 Å². The Labute approximate surface area is 111 Å². The maximum Gasteiger partial charge on any atom is 0.137 e. The summed E-state index contributed by atoms with van der Waals surface area (Å²) >= 11 is 0. The van der Waals surface area contributed by atoms with Crippen LogP contribution in [0, 0.1) is 19.8 Å². The molecular formula is C14H26N4. The van der Waals surface area contributed by atoms with Gasteiger partial charge in [0.15, 0.2) is 0 Å². The number of nitrogens with zero attached hydrogens (tertiary/aromatic N) is 3. The van der Waals surface area contributed by atoms with Gasteiger partial charge in [-0.05, 0) is 26.7 Å². The Morgan fingerprint density at radius 3 is 2.39 bits per heavy atom. The van der Waals surface area contributed by atoms with E-state index in [2.05, 4.69) is 47.9 Å². The monoisotopic (exact) mass is 250 g/mol. The number of aromatic nitrogens is 2. The van der Waals surface area contributed by atoms with Crippen LogP contribution in [0.15, 0.2) is 0 Å². The normalized spacial score (nSPS) is 12.3. The summed E-state index contributed by atoms with van der Waals surface area (Å²) in [6.45, 7) is 12.7. The molecule has 102 valence electrons. The Bertz CT molecular complexity index is 390. The standard InChI is InChI=1S/C14H26N4/c1-7-10(3)9-18(8-2)14-11(4)13(15-6)16-12(5)17-14/h10H,7-9H2,1-6H3,(H,15,16,17). The lowest BCUT2D eigenvalue weighted by molar-refractivity contribution is 0.544. The van der Waals surface area contributed by atoms with Gasteiger partial charge < -0.3 is 10.2 Å². The molecule has 18 heavy (non-hydrogen) atoms. The first-order valence-corrected chi connectivity index (χ1v) is 6.81. The molecule has 0 bridgehead atoms. The lowest BCUT2D eigenvalue weighted by Crippen LogP contribution is -2.30. The van der Waals surface area contributed by atoms with Crippen LogP contribution in [0.4, 0.5) is 11.6 Å². The third-order valence-corrected chi connectivity index (χ3v) is 3.38. The van der Waals surface area contributed by atoms with Gasteiger partial charge in [0, 0.05) is 25.7 Å². The first-order valence-electron chi connectivity index (χ1n) is 6.81. The van der Waals surface area contributed by atoms with Crippen molar-refractivity contribution in [3.63, 3.8) is 0 Å². The Hall–Kier alpha value is -1.32. The largest absolute Gasteiger partial charge is 0.373 e. The van der Waals surface area contributed by atoms with E-state index in [9.17, 15) is 0 Å². The van der Waals surface area contributed by atoms with Crippen LogP contribution < -0.4 is 10.2 Å². The van der Waals surface area contributed by atoms with E-state index in [4.69, 9.17) is 0 Å². The van der Waals surface area contributed by atoms with Crippen LogP contribution in [0.25, 0.3) is 0 Å². The van der Waals surface area contributed by atoms with E-state index in [1.165, 1.54) is 6.42 Å². The third-order valence-electron chi connectivity index (χ3n) is 3.38. The zero-order chi connectivity index (χ0) is 13.7. The van der Waals surface area contributed by atoms with E-state index in [0.29, 0.717) is 5.92 Å². The van der Waals surface area contributed by atoms with Gasteiger partial charge in [-0.2, -0.15) is 0 Å². The average Bonchev–Trinajstić information content (AvgIpc) is 2.38. The van der Waals surface area contributed by atoms with Gasteiger partial charge in [-0.25, -0.2) is 9.97 Å². The molecule has 1 aromatic heterocycles. The third kappa shape index (κ3) is 3.34. The highest BCUT2D eigenvalue weighted by Gasteiger charge is 2.15. The van der Waals surface area contributed by atoms with Crippen molar-refractivity contribution in [3.8, 4) is 0 Å². The lowest BCUT2D eigenvalue weighted by Gasteiger charge is -2.27. The summed E-state index contributed by atoms with van der Waals surface area (Å²) in [5.41, 5.74) is 1.13. The SMILES string of the molecule is CCC(C)CN(CC)c1nc(C)nc(NC)c1C. The number of rotatable bonds is 6. The number of anilines is 2. The molecule has 0 saturated heterocycles. The quantitative estimate of drug-likeness (QED) is 0.842. The van der Waals surface area contributed by atoms with E-state index >= 15 is 0 Å². The van der Waals surface area contributed by atoms with Crippen LogP contribution in [-0.2, 0) is 0 Å². The van der Waals surface area contributed by atoms with Gasteiger partial charge in [-0.1, -0.05) is 20.3 Å². The minimum absolute atomic E-state index is 0.678. The fraction of sp³-hybridized carbons (Fsp3) is 0.714. The first kappa shape index (κ1) is 14.7. The molecule has 0 amide bonds. The van der Waals surface area contributed by atoms with Crippen molar-refractivity contribution < 1.29 is 0 Å². The molecule has 1 aromatic rings. The summed E-state index contributed by atoms with van der Waals surface area (Å²) in [6.07, 6.45) is 1.19. The molecule has 0 aliphatic heterocycles. The average molecular weight is 250 g/mol. The highest BCUT2D eigenvalue weighted by molar-refractivity contribution is 5.58. The molecule has 1 atom stereocenters. The van der Waals surface area contributed by atoms with Gasteiger partial charge in [-0.15, -0.1) is 0 Å². The molecule has 1 unspecified atom stereocenters. The van der Waals surface area contributed by atoms with Crippen LogP contribution in [-0.4, -0.2) is 30.1 Å². The van der Waals surface area contributed by atoms with Crippen molar-refractivity contribution in [2.24, 2.45) is 5.92 Å². The second-order valence-electron chi connectivity index (χ2n) is 4.87. The minimum atomic E-state index is 0.678. The van der Waals surface area contributed by atoms with Gasteiger partial charge in [0.25, 0.3) is 0 Å². The predicted molar refractivity (Wildman–Crippen MR) is 78.4 cm³/mol. The molecule has 1 rings (SSSR count). The molecular weight excluding hydrogens is 224 g/mol. The van der Waals surface area contributed by atoms with Crippen LogP contribution in [0.3, 0.4) is 0 Å². The smallest absolute Gasteiger partial charge is 0.137 e. The van der Waals surface area contributed by atoms with E-state index in [-0.39, 0.29) is 0 Å². The van der Waals surface area contributed by atoms with Crippen molar-refractivity contribution in [3.05, 3.63) is 11.4 Å². The topological polar surface area (TPSA) is 41.1 Å². The summed E-state index contributed by atoms with van der Waals surface area (Å²) in [5, 5.41) is 3.14. The highest BCUT2D eigenvalue weighted by Crippen LogP contribution is 2.24. The van der Waals surface area contributed by atoms with Crippen LogP contribution in [0.5, 0.6) is 0 Å². The van der Waals surface area contributed by atoms with Crippen LogP contribution in [0.2, 0.25) is 0 Å². The van der Waals surface area contributed by atoms with Gasteiger partial charge in [-0.3, -0.25) is 0 Å². The molecule has 4 nitrogen and oxygen atoms in total. The molecule has 0 radical (unpaired) electrons. The molecule has 1 heterocycles. The zero-order valence-corrected chi connectivity index (χ0v) is 12.5. The Balaban J connectivity index is 3.08. The van der Waals surface area contributed by atoms with Crippen molar-refractivity contribution in [1.82, 2.24) is 9.97 Å². The summed E-state index contributed by atoms with van der Waals surface area (Å²) in [4.78, 5) is 11.4. The summed E-state index contributed by atoms with van der Waals surface area (Å²) in [6, 6.07) is 0. The van der Waals surface area contributed by atoms with Crippen molar-refractivity contribution in [2.75, 3.05) is 30.4 Å². The number of hydrogen-bond donors (Lipinski definition) is 1. The van der Waals surface area contributed by atoms with E-state index in [1.807, 2.05) is 14.0 Å². The lowest BCUT2D eigenvalue weighted by atomic mass is 10.1. The number of nitrogens with one attached hydrogen (secondary N) is 1. The second-order valence-corrected chi connectivity index (χ2v) is 4.87. The second kappa shape index (κ2) is 6.57. The van der Waals surface area contributed by atoms with Crippen molar-refractivity contribution in [1.29, 1.82) is 0 Å². The molecule has 0 spiro atoms. The maximum atomic E-state index is 4.61. The van der Waals surface area contributed by atoms with E-state index < -0.39 is 0 Å². The Kier molecular flexibility index (Phi) is 5.38. The molecule has 1 N–H and O–H groups in total. The Morgan fingerprint density at radius 1 is 1.22 bits per heavy atom. The fourth-order valence-electron chi connectivity index (χ4n) is 2.04. The summed E-state index contributed by atoms with van der Waals surface area (Å²) in [7, 11) is 1.91. The molecule has 0 aromatic carbocycles. The summed E-state index contributed by atoms with van der Waals surface area (Å²) < 4.78 is 0. The van der Waals surface area contributed by atoms with Gasteiger partial charge in [0.05, 0.1) is 0 Å². The van der Waals surface area contributed by atoms with E-state index in [0.717, 1.165) is 36.1 Å². The van der Waals surface area contributed by atoms with Crippen LogP contribution in [0.1, 0.15) is 38.6 Å². The minimum Gasteiger partial charge on any atom is -0.373 e. The molecule has 0 aliphatic rings. The first-order chi connectivity index (χ1) is 8.53. The number of aryl methyl sites for hydroxylation is 1. The van der Waals surface area contributed by atoms with Gasteiger partial charge in [0.1, 0.15) is 17.5 Å². The predicted octanol–water partition coefficient (Wildman–Crippen LogP) is 3.01. The number of hydrogen-bond acceptors (Lipinski definition) is 4. The fourth-order valence-corrected chi connectivity index (χ4v) is 2.04. The molecule has 0 fully saturated rings. The maximum absolute atomic E-state index is 4.61. The molecule has 4 heteroatoms. The van der Waals surface area contributed by atoms with Crippen molar-refractivity contribution >= 4 is 11.6 Å². The van der Waals surface area contributed by atoms with Gasteiger partial charge >= 0.3 is 0 Å². The highest BCUT2D eigenvalue weighted by atomic mass is 15.2. The summed E-state index contributed by atoms with van der Waals surface area (Å²) in [5.74, 6) is 3.50. The molecule has 0 aliphatic carbocycles.